The quantitative estimate of drug-likeness (QED) is 0.748. The molecule has 0 aromatic heterocycles. The fourth-order valence-electron chi connectivity index (χ4n) is 2.23. The van der Waals surface area contributed by atoms with Crippen LogP contribution in [0.15, 0.2) is 53.4 Å². The summed E-state index contributed by atoms with van der Waals surface area (Å²) in [6.45, 7) is -0.325. The van der Waals surface area contributed by atoms with Crippen LogP contribution >= 0.6 is 11.8 Å². The normalized spacial score (nSPS) is 11.0. The molecule has 0 unspecified atom stereocenters. The highest BCUT2D eigenvalue weighted by molar-refractivity contribution is 7.98. The van der Waals surface area contributed by atoms with E-state index >= 15 is 0 Å². The van der Waals surface area contributed by atoms with Crippen molar-refractivity contribution < 1.29 is 17.9 Å². The van der Waals surface area contributed by atoms with E-state index in [0.29, 0.717) is 17.1 Å². The molecule has 134 valence electrons. The van der Waals surface area contributed by atoms with Gasteiger partial charge in [0.25, 0.3) is 0 Å². The van der Waals surface area contributed by atoms with Gasteiger partial charge in [-0.1, -0.05) is 18.2 Å². The summed E-state index contributed by atoms with van der Waals surface area (Å²) < 4.78 is 30.5. The van der Waals surface area contributed by atoms with Gasteiger partial charge in [0.1, 0.15) is 12.3 Å². The maximum atomic E-state index is 12.4. The monoisotopic (exact) mass is 380 g/mol. The Kier molecular flexibility index (Phi) is 6.33. The Hall–Kier alpha value is -2.19. The van der Waals surface area contributed by atoms with Crippen LogP contribution in [0.1, 0.15) is 0 Å². The van der Waals surface area contributed by atoms with Gasteiger partial charge < -0.3 is 10.1 Å². The topological polar surface area (TPSA) is 75.7 Å². The van der Waals surface area contributed by atoms with E-state index in [2.05, 4.69) is 5.32 Å². The number of rotatable bonds is 7. The molecule has 0 radical (unpaired) electrons. The van der Waals surface area contributed by atoms with Gasteiger partial charge >= 0.3 is 0 Å². The number of methoxy groups -OCH3 is 1. The number of nitrogens with one attached hydrogen (secondary N) is 1. The lowest BCUT2D eigenvalue weighted by Crippen LogP contribution is -2.37. The summed E-state index contributed by atoms with van der Waals surface area (Å²) in [6, 6.07) is 13.9. The molecule has 0 atom stereocenters. The molecule has 0 aliphatic carbocycles. The summed E-state index contributed by atoms with van der Waals surface area (Å²) in [7, 11) is -2.14. The van der Waals surface area contributed by atoms with Gasteiger partial charge in [-0.25, -0.2) is 8.42 Å². The van der Waals surface area contributed by atoms with Crippen LogP contribution in [0.4, 0.5) is 11.4 Å². The van der Waals surface area contributed by atoms with Gasteiger partial charge in [0, 0.05) is 11.0 Å². The van der Waals surface area contributed by atoms with Gasteiger partial charge in [0.05, 0.1) is 24.7 Å². The third-order valence-corrected chi connectivity index (χ3v) is 5.35. The number of ether oxygens (including phenoxy) is 1. The molecule has 0 bridgehead atoms. The van der Waals surface area contributed by atoms with Crippen LogP contribution in [-0.2, 0) is 14.8 Å². The van der Waals surface area contributed by atoms with Crippen LogP contribution in [-0.4, -0.2) is 40.5 Å². The molecule has 0 fully saturated rings. The molecule has 6 nitrogen and oxygen atoms in total. The molecule has 2 aromatic rings. The summed E-state index contributed by atoms with van der Waals surface area (Å²) in [5, 5.41) is 2.77. The molecule has 0 saturated heterocycles. The third kappa shape index (κ3) is 5.14. The summed E-state index contributed by atoms with van der Waals surface area (Å²) in [6.07, 6.45) is 2.97. The summed E-state index contributed by atoms with van der Waals surface area (Å²) in [5.41, 5.74) is 1.02. The van der Waals surface area contributed by atoms with Gasteiger partial charge in [-0.3, -0.25) is 9.10 Å². The molecule has 1 N–H and O–H groups in total. The fourth-order valence-corrected chi connectivity index (χ4v) is 3.64. The molecule has 0 aliphatic heterocycles. The minimum atomic E-state index is -3.63. The SMILES string of the molecule is COc1cccc(N(CC(=O)Nc2ccccc2SC)S(C)(=O)=O)c1. The van der Waals surface area contributed by atoms with E-state index < -0.39 is 15.9 Å². The Morgan fingerprint density at radius 1 is 1.20 bits per heavy atom. The van der Waals surface area contributed by atoms with Crippen molar-refractivity contribution in [2.75, 3.05) is 35.8 Å². The first-order valence-electron chi connectivity index (χ1n) is 7.40. The standard InChI is InChI=1S/C17H20N2O4S2/c1-23-14-8-6-7-13(11-14)19(25(3,21)22)12-17(20)18-15-9-4-5-10-16(15)24-2/h4-11H,12H2,1-3H3,(H,18,20). The van der Waals surface area contributed by atoms with Crippen LogP contribution in [0.5, 0.6) is 5.75 Å². The van der Waals surface area contributed by atoms with Crippen molar-refractivity contribution in [3.05, 3.63) is 48.5 Å². The Labute approximate surface area is 152 Å². The van der Waals surface area contributed by atoms with Gasteiger partial charge in [-0.15, -0.1) is 11.8 Å². The maximum Gasteiger partial charge on any atom is 0.245 e. The van der Waals surface area contributed by atoms with Crippen LogP contribution < -0.4 is 14.4 Å². The van der Waals surface area contributed by atoms with Crippen molar-refractivity contribution in [3.8, 4) is 5.75 Å². The average Bonchev–Trinajstić information content (AvgIpc) is 2.59. The van der Waals surface area contributed by atoms with E-state index in [4.69, 9.17) is 4.74 Å². The Morgan fingerprint density at radius 2 is 1.92 bits per heavy atom. The molecule has 8 heteroatoms. The molecule has 0 saturated carbocycles. The predicted octanol–water partition coefficient (Wildman–Crippen LogP) is 2.82. The van der Waals surface area contributed by atoms with Crippen molar-refractivity contribution in [3.63, 3.8) is 0 Å². The number of carbonyl (C=O) groups excluding carboxylic acids is 1. The van der Waals surface area contributed by atoms with Crippen molar-refractivity contribution in [2.45, 2.75) is 4.90 Å². The van der Waals surface area contributed by atoms with E-state index in [1.165, 1.54) is 18.9 Å². The van der Waals surface area contributed by atoms with Crippen molar-refractivity contribution in [2.24, 2.45) is 0 Å². The van der Waals surface area contributed by atoms with E-state index in [1.54, 1.807) is 30.3 Å². The van der Waals surface area contributed by atoms with Gasteiger partial charge in [-0.2, -0.15) is 0 Å². The second-order valence-electron chi connectivity index (χ2n) is 5.22. The lowest BCUT2D eigenvalue weighted by atomic mass is 10.3. The van der Waals surface area contributed by atoms with E-state index in [9.17, 15) is 13.2 Å². The largest absolute Gasteiger partial charge is 0.497 e. The van der Waals surface area contributed by atoms with Crippen molar-refractivity contribution in [1.29, 1.82) is 0 Å². The van der Waals surface area contributed by atoms with Gasteiger partial charge in [-0.05, 0) is 30.5 Å². The van der Waals surface area contributed by atoms with Crippen LogP contribution in [0, 0.1) is 0 Å². The first kappa shape index (κ1) is 19.1. The second kappa shape index (κ2) is 8.26. The Balaban J connectivity index is 2.24. The van der Waals surface area contributed by atoms with Crippen LogP contribution in [0.2, 0.25) is 0 Å². The summed E-state index contributed by atoms with van der Waals surface area (Å²) in [4.78, 5) is 13.3. The molecule has 1 amide bonds. The second-order valence-corrected chi connectivity index (χ2v) is 7.97. The molecular weight excluding hydrogens is 360 g/mol. The van der Waals surface area contributed by atoms with Gasteiger partial charge in [0.2, 0.25) is 15.9 Å². The number of thioether (sulfide) groups is 1. The Bertz CT molecular complexity index is 853. The molecule has 0 spiro atoms. The van der Waals surface area contributed by atoms with E-state index in [0.717, 1.165) is 15.5 Å². The summed E-state index contributed by atoms with van der Waals surface area (Å²) >= 11 is 1.50. The highest BCUT2D eigenvalue weighted by Crippen LogP contribution is 2.26. The highest BCUT2D eigenvalue weighted by Gasteiger charge is 2.21. The molecule has 2 rings (SSSR count). The van der Waals surface area contributed by atoms with Crippen molar-refractivity contribution >= 4 is 39.1 Å². The van der Waals surface area contributed by atoms with Crippen molar-refractivity contribution in [1.82, 2.24) is 0 Å². The number of para-hydroxylation sites is 1. The smallest absolute Gasteiger partial charge is 0.245 e. The zero-order chi connectivity index (χ0) is 18.4. The molecule has 2 aromatic carbocycles. The number of nitrogens with zero attached hydrogens (tertiary/aromatic N) is 1. The fraction of sp³-hybridized carbons (Fsp3) is 0.235. The van der Waals surface area contributed by atoms with Gasteiger partial charge in [0.15, 0.2) is 0 Å². The number of carbonyl (C=O) groups is 1. The highest BCUT2D eigenvalue weighted by atomic mass is 32.2. The predicted molar refractivity (Wildman–Crippen MR) is 102 cm³/mol. The van der Waals surface area contributed by atoms with E-state index in [-0.39, 0.29) is 6.54 Å². The number of hydrogen-bond donors (Lipinski definition) is 1. The molecule has 0 heterocycles. The zero-order valence-corrected chi connectivity index (χ0v) is 15.9. The van der Waals surface area contributed by atoms with Crippen LogP contribution in [0.25, 0.3) is 0 Å². The Morgan fingerprint density at radius 3 is 2.56 bits per heavy atom. The lowest BCUT2D eigenvalue weighted by molar-refractivity contribution is -0.114. The molecule has 0 aliphatic rings. The number of amides is 1. The number of benzene rings is 2. The first-order chi connectivity index (χ1) is 11.8. The summed E-state index contributed by atoms with van der Waals surface area (Å²) in [5.74, 6) is 0.0917. The third-order valence-electron chi connectivity index (χ3n) is 3.41. The number of sulfonamides is 1. The van der Waals surface area contributed by atoms with E-state index in [1.807, 2.05) is 24.5 Å². The minimum Gasteiger partial charge on any atom is -0.497 e. The minimum absolute atomic E-state index is 0.325. The lowest BCUT2D eigenvalue weighted by Gasteiger charge is -2.22. The number of hydrogen-bond acceptors (Lipinski definition) is 5. The van der Waals surface area contributed by atoms with Crippen LogP contribution in [0.3, 0.4) is 0 Å². The number of anilines is 2. The first-order valence-corrected chi connectivity index (χ1v) is 10.5. The molecule has 25 heavy (non-hydrogen) atoms. The zero-order valence-electron chi connectivity index (χ0n) is 14.2. The maximum absolute atomic E-state index is 12.4. The average molecular weight is 380 g/mol. The molecular formula is C17H20N2O4S2.